The molecule has 2 aromatic rings. The van der Waals surface area contributed by atoms with Gasteiger partial charge in [0.15, 0.2) is 0 Å². The molecule has 0 aromatic heterocycles. The topological polar surface area (TPSA) is 73.5 Å². The Morgan fingerprint density at radius 1 is 1.00 bits per heavy atom. The van der Waals surface area contributed by atoms with Crippen LogP contribution in [-0.4, -0.2) is 32.1 Å². The van der Waals surface area contributed by atoms with E-state index in [-0.39, 0.29) is 12.5 Å². The lowest BCUT2D eigenvalue weighted by molar-refractivity contribution is -0.118. The van der Waals surface area contributed by atoms with Gasteiger partial charge in [0.25, 0.3) is 0 Å². The number of urea groups is 1. The molecule has 0 saturated carbocycles. The molecule has 3 amide bonds. The van der Waals surface area contributed by atoms with E-state index in [9.17, 15) is 9.59 Å². The second-order valence-electron chi connectivity index (χ2n) is 6.86. The molecule has 0 radical (unpaired) electrons. The van der Waals surface area contributed by atoms with Crippen molar-refractivity contribution in [3.05, 3.63) is 60.2 Å². The Labute approximate surface area is 161 Å². The van der Waals surface area contributed by atoms with Gasteiger partial charge in [0.2, 0.25) is 5.91 Å². The fraction of sp³-hybridized carbons (Fsp3) is 0.333. The highest BCUT2D eigenvalue weighted by atomic mass is 16.2. The van der Waals surface area contributed by atoms with Gasteiger partial charge in [-0.3, -0.25) is 10.1 Å². The standard InChI is InChI=1S/C21H28N4O2/c1-16(2)13-23-21(27)24-20(26)14-22-18-11-7-8-12-19(18)25(3)15-17-9-5-4-6-10-17/h4-12,16,22H,13-15H2,1-3H3,(H2,23,24,26,27). The van der Waals surface area contributed by atoms with Crippen molar-refractivity contribution in [1.82, 2.24) is 10.6 Å². The molecule has 0 aliphatic heterocycles. The zero-order valence-electron chi connectivity index (χ0n) is 16.2. The normalized spacial score (nSPS) is 10.4. The summed E-state index contributed by atoms with van der Waals surface area (Å²) in [5.41, 5.74) is 3.03. The maximum absolute atomic E-state index is 12.0. The van der Waals surface area contributed by atoms with Crippen molar-refractivity contribution in [3.8, 4) is 0 Å². The maximum Gasteiger partial charge on any atom is 0.321 e. The molecule has 2 rings (SSSR count). The number of rotatable bonds is 8. The molecule has 0 atom stereocenters. The highest BCUT2D eigenvalue weighted by Crippen LogP contribution is 2.25. The number of amides is 3. The highest BCUT2D eigenvalue weighted by molar-refractivity contribution is 5.96. The molecule has 0 spiro atoms. The summed E-state index contributed by atoms with van der Waals surface area (Å²) in [6.07, 6.45) is 0. The average Bonchev–Trinajstić information content (AvgIpc) is 2.65. The van der Waals surface area contributed by atoms with Gasteiger partial charge in [-0.1, -0.05) is 56.3 Å². The molecule has 0 fully saturated rings. The number of para-hydroxylation sites is 2. The van der Waals surface area contributed by atoms with Gasteiger partial charge in [0.05, 0.1) is 17.9 Å². The van der Waals surface area contributed by atoms with E-state index >= 15 is 0 Å². The Hall–Kier alpha value is -3.02. The van der Waals surface area contributed by atoms with E-state index in [0.29, 0.717) is 12.5 Å². The fourth-order valence-electron chi connectivity index (χ4n) is 2.59. The Morgan fingerprint density at radius 2 is 1.67 bits per heavy atom. The third-order valence-electron chi connectivity index (χ3n) is 3.94. The molecule has 27 heavy (non-hydrogen) atoms. The smallest absolute Gasteiger partial charge is 0.321 e. The molecule has 144 valence electrons. The Kier molecular flexibility index (Phi) is 7.67. The third-order valence-corrected chi connectivity index (χ3v) is 3.94. The van der Waals surface area contributed by atoms with Crippen LogP contribution in [-0.2, 0) is 11.3 Å². The van der Waals surface area contributed by atoms with Crippen LogP contribution in [0.25, 0.3) is 0 Å². The number of nitrogens with one attached hydrogen (secondary N) is 3. The predicted molar refractivity (Wildman–Crippen MR) is 110 cm³/mol. The number of anilines is 2. The Morgan fingerprint density at radius 3 is 2.37 bits per heavy atom. The molecular weight excluding hydrogens is 340 g/mol. The Bertz CT molecular complexity index is 747. The average molecular weight is 368 g/mol. The molecule has 6 heteroatoms. The molecule has 6 nitrogen and oxygen atoms in total. The third kappa shape index (κ3) is 7.01. The highest BCUT2D eigenvalue weighted by Gasteiger charge is 2.11. The fourth-order valence-corrected chi connectivity index (χ4v) is 2.59. The summed E-state index contributed by atoms with van der Waals surface area (Å²) in [7, 11) is 2.01. The lowest BCUT2D eigenvalue weighted by Crippen LogP contribution is -2.43. The van der Waals surface area contributed by atoms with Gasteiger partial charge in [0.1, 0.15) is 0 Å². The van der Waals surface area contributed by atoms with Crippen LogP contribution in [0, 0.1) is 5.92 Å². The number of benzene rings is 2. The SMILES string of the molecule is CC(C)CNC(=O)NC(=O)CNc1ccccc1N(C)Cc1ccccc1. The van der Waals surface area contributed by atoms with Crippen LogP contribution >= 0.6 is 0 Å². The van der Waals surface area contributed by atoms with E-state index in [2.05, 4.69) is 33.0 Å². The van der Waals surface area contributed by atoms with Crippen LogP contribution in [0.4, 0.5) is 16.2 Å². The molecular formula is C21H28N4O2. The summed E-state index contributed by atoms with van der Waals surface area (Å²) in [6, 6.07) is 17.5. The molecule has 0 aliphatic rings. The molecule has 2 aromatic carbocycles. The minimum absolute atomic E-state index is 0.0191. The van der Waals surface area contributed by atoms with Crippen molar-refractivity contribution < 1.29 is 9.59 Å². The number of hydrogen-bond acceptors (Lipinski definition) is 4. The van der Waals surface area contributed by atoms with E-state index in [1.165, 1.54) is 5.56 Å². The molecule has 3 N–H and O–H groups in total. The quantitative estimate of drug-likeness (QED) is 0.669. The molecule has 0 aliphatic carbocycles. The maximum atomic E-state index is 12.0. The van der Waals surface area contributed by atoms with E-state index < -0.39 is 6.03 Å². The van der Waals surface area contributed by atoms with Crippen molar-refractivity contribution in [2.24, 2.45) is 5.92 Å². The number of nitrogens with zero attached hydrogens (tertiary/aromatic N) is 1. The van der Waals surface area contributed by atoms with E-state index in [1.54, 1.807) is 0 Å². The minimum Gasteiger partial charge on any atom is -0.374 e. The van der Waals surface area contributed by atoms with Crippen LogP contribution < -0.4 is 20.9 Å². The first-order valence-electron chi connectivity index (χ1n) is 9.11. The molecule has 0 heterocycles. The largest absolute Gasteiger partial charge is 0.374 e. The second-order valence-corrected chi connectivity index (χ2v) is 6.86. The number of imide groups is 1. The second kappa shape index (κ2) is 10.2. The van der Waals surface area contributed by atoms with Gasteiger partial charge in [-0.15, -0.1) is 0 Å². The van der Waals surface area contributed by atoms with Gasteiger partial charge < -0.3 is 15.5 Å². The lowest BCUT2D eigenvalue weighted by atomic mass is 10.2. The van der Waals surface area contributed by atoms with Crippen LogP contribution in [0.1, 0.15) is 19.4 Å². The lowest BCUT2D eigenvalue weighted by Gasteiger charge is -2.23. The van der Waals surface area contributed by atoms with Gasteiger partial charge in [0, 0.05) is 20.1 Å². The van der Waals surface area contributed by atoms with Crippen LogP contribution in [0.5, 0.6) is 0 Å². The van der Waals surface area contributed by atoms with Crippen molar-refractivity contribution in [3.63, 3.8) is 0 Å². The van der Waals surface area contributed by atoms with Crippen LogP contribution in [0.2, 0.25) is 0 Å². The summed E-state index contributed by atoms with van der Waals surface area (Å²) in [5.74, 6) is -0.0484. The van der Waals surface area contributed by atoms with E-state index in [4.69, 9.17) is 0 Å². The summed E-state index contributed by atoms with van der Waals surface area (Å²) in [6.45, 7) is 5.29. The van der Waals surface area contributed by atoms with Gasteiger partial charge >= 0.3 is 6.03 Å². The number of hydrogen-bond donors (Lipinski definition) is 3. The van der Waals surface area contributed by atoms with Crippen LogP contribution in [0.3, 0.4) is 0 Å². The van der Waals surface area contributed by atoms with E-state index in [1.807, 2.05) is 63.4 Å². The van der Waals surface area contributed by atoms with E-state index in [0.717, 1.165) is 17.9 Å². The first-order chi connectivity index (χ1) is 13.0. The van der Waals surface area contributed by atoms with Gasteiger partial charge in [-0.05, 0) is 23.6 Å². The first-order valence-corrected chi connectivity index (χ1v) is 9.11. The molecule has 0 unspecified atom stereocenters. The van der Waals surface area contributed by atoms with Gasteiger partial charge in [-0.2, -0.15) is 0 Å². The minimum atomic E-state index is -0.468. The Balaban J connectivity index is 1.91. The zero-order chi connectivity index (χ0) is 19.6. The summed E-state index contributed by atoms with van der Waals surface area (Å²) in [5, 5.41) is 8.11. The van der Waals surface area contributed by atoms with Crippen molar-refractivity contribution in [2.45, 2.75) is 20.4 Å². The molecule has 0 bridgehead atoms. The monoisotopic (exact) mass is 368 g/mol. The summed E-state index contributed by atoms with van der Waals surface area (Å²) in [4.78, 5) is 25.8. The first kappa shape index (κ1) is 20.3. The van der Waals surface area contributed by atoms with Crippen LogP contribution in [0.15, 0.2) is 54.6 Å². The summed E-state index contributed by atoms with van der Waals surface area (Å²) >= 11 is 0. The zero-order valence-corrected chi connectivity index (χ0v) is 16.2. The molecule has 0 saturated heterocycles. The van der Waals surface area contributed by atoms with Gasteiger partial charge in [-0.25, -0.2) is 4.79 Å². The predicted octanol–water partition coefficient (Wildman–Crippen LogP) is 3.22. The number of carbonyl (C=O) groups is 2. The van der Waals surface area contributed by atoms with Crippen molar-refractivity contribution >= 4 is 23.3 Å². The van der Waals surface area contributed by atoms with Crippen molar-refractivity contribution in [1.29, 1.82) is 0 Å². The summed E-state index contributed by atoms with van der Waals surface area (Å²) < 4.78 is 0. The number of carbonyl (C=O) groups excluding carboxylic acids is 2. The van der Waals surface area contributed by atoms with Crippen molar-refractivity contribution in [2.75, 3.05) is 30.4 Å².